The number of hydrogen-bond acceptors (Lipinski definition) is 4. The third kappa shape index (κ3) is 2.57. The smallest absolute Gasteiger partial charge is 0.342 e. The summed E-state index contributed by atoms with van der Waals surface area (Å²) in [5.41, 5.74) is 2.42. The van der Waals surface area contributed by atoms with Crippen LogP contribution in [0.1, 0.15) is 34.0 Å². The van der Waals surface area contributed by atoms with Crippen LogP contribution < -0.4 is 4.74 Å². The molecule has 2 aromatic carbocycles. The summed E-state index contributed by atoms with van der Waals surface area (Å²) in [4.78, 5) is 12.2. The minimum atomic E-state index is -0.517. The number of carbonyl (C=O) groups is 1. The molecule has 0 bridgehead atoms. The number of rotatable bonds is 3. The monoisotopic (exact) mass is 284 g/mol. The summed E-state index contributed by atoms with van der Waals surface area (Å²) in [5, 5.41) is 9.88. The maximum Gasteiger partial charge on any atom is 0.342 e. The van der Waals surface area contributed by atoms with Crippen LogP contribution in [0.25, 0.3) is 0 Å². The van der Waals surface area contributed by atoms with Crippen molar-refractivity contribution in [3.8, 4) is 11.5 Å². The van der Waals surface area contributed by atoms with Crippen LogP contribution >= 0.6 is 0 Å². The number of carbonyl (C=O) groups excluding carboxylic acids is 1. The van der Waals surface area contributed by atoms with Gasteiger partial charge in [-0.15, -0.1) is 0 Å². The Labute approximate surface area is 122 Å². The number of ether oxygens (including phenoxy) is 2. The molecule has 0 saturated carbocycles. The summed E-state index contributed by atoms with van der Waals surface area (Å²) in [5.74, 6) is -0.155. The molecule has 0 aromatic heterocycles. The summed E-state index contributed by atoms with van der Waals surface area (Å²) in [6.07, 6.45) is 1.44. The first-order valence-corrected chi connectivity index (χ1v) is 6.85. The Balaban J connectivity index is 1.79. The average molecular weight is 284 g/mol. The molecule has 0 saturated heterocycles. The average Bonchev–Trinajstić information content (AvgIpc) is 2.90. The lowest BCUT2D eigenvalue weighted by Crippen LogP contribution is -2.10. The second-order valence-corrected chi connectivity index (χ2v) is 5.01. The third-order valence-corrected chi connectivity index (χ3v) is 3.75. The van der Waals surface area contributed by atoms with Crippen molar-refractivity contribution in [2.75, 3.05) is 7.11 Å². The molecule has 0 spiro atoms. The lowest BCUT2D eigenvalue weighted by atomic mass is 10.1. The maximum atomic E-state index is 12.2. The number of methoxy groups -OCH3 is 1. The first kappa shape index (κ1) is 13.5. The number of fused-ring (bicyclic) bond motifs is 1. The SMILES string of the molecule is COc1ccc(C(=O)OC2CCc3ccccc32)c(O)c1. The number of phenols is 1. The topological polar surface area (TPSA) is 55.8 Å². The van der Waals surface area contributed by atoms with Crippen molar-refractivity contribution in [3.63, 3.8) is 0 Å². The lowest BCUT2D eigenvalue weighted by molar-refractivity contribution is 0.0298. The largest absolute Gasteiger partial charge is 0.507 e. The van der Waals surface area contributed by atoms with Crippen LogP contribution in [0.4, 0.5) is 0 Å². The van der Waals surface area contributed by atoms with E-state index in [0.29, 0.717) is 5.75 Å². The van der Waals surface area contributed by atoms with Gasteiger partial charge in [0.15, 0.2) is 0 Å². The van der Waals surface area contributed by atoms with E-state index < -0.39 is 5.97 Å². The summed E-state index contributed by atoms with van der Waals surface area (Å²) in [7, 11) is 1.50. The molecule has 1 aliphatic carbocycles. The number of aromatic hydroxyl groups is 1. The van der Waals surface area contributed by atoms with Gasteiger partial charge in [-0.3, -0.25) is 0 Å². The third-order valence-electron chi connectivity index (χ3n) is 3.75. The molecule has 0 fully saturated rings. The number of aryl methyl sites for hydroxylation is 1. The van der Waals surface area contributed by atoms with E-state index >= 15 is 0 Å². The fourth-order valence-corrected chi connectivity index (χ4v) is 2.64. The van der Waals surface area contributed by atoms with E-state index in [1.807, 2.05) is 24.3 Å². The molecular formula is C17H16O4. The number of phenolic OH excluding ortho intramolecular Hbond substituents is 1. The molecule has 0 amide bonds. The van der Waals surface area contributed by atoms with Gasteiger partial charge in [0.05, 0.1) is 7.11 Å². The van der Waals surface area contributed by atoms with E-state index in [-0.39, 0.29) is 17.4 Å². The zero-order valence-corrected chi connectivity index (χ0v) is 11.7. The van der Waals surface area contributed by atoms with Crippen molar-refractivity contribution in [1.29, 1.82) is 0 Å². The number of hydrogen-bond donors (Lipinski definition) is 1. The van der Waals surface area contributed by atoms with Gasteiger partial charge in [0.25, 0.3) is 0 Å². The molecule has 3 rings (SSSR count). The van der Waals surface area contributed by atoms with Gasteiger partial charge in [0, 0.05) is 6.07 Å². The highest BCUT2D eigenvalue weighted by Crippen LogP contribution is 2.35. The van der Waals surface area contributed by atoms with Crippen LogP contribution in [0.2, 0.25) is 0 Å². The number of esters is 1. The molecule has 1 unspecified atom stereocenters. The standard InChI is InChI=1S/C17H16O4/c1-20-12-7-8-14(15(18)10-12)17(19)21-16-9-6-11-4-2-3-5-13(11)16/h2-5,7-8,10,16,18H,6,9H2,1H3. The second kappa shape index (κ2) is 5.48. The Hall–Kier alpha value is -2.49. The molecule has 1 atom stereocenters. The van der Waals surface area contributed by atoms with Crippen molar-refractivity contribution in [3.05, 3.63) is 59.2 Å². The zero-order chi connectivity index (χ0) is 14.8. The van der Waals surface area contributed by atoms with Crippen molar-refractivity contribution in [1.82, 2.24) is 0 Å². The molecule has 108 valence electrons. The highest BCUT2D eigenvalue weighted by molar-refractivity contribution is 5.92. The molecule has 2 aromatic rings. The van der Waals surface area contributed by atoms with Crippen LogP contribution in [0, 0.1) is 0 Å². The fourth-order valence-electron chi connectivity index (χ4n) is 2.64. The van der Waals surface area contributed by atoms with Crippen molar-refractivity contribution in [2.45, 2.75) is 18.9 Å². The molecular weight excluding hydrogens is 268 g/mol. The van der Waals surface area contributed by atoms with Crippen LogP contribution in [-0.2, 0) is 11.2 Å². The predicted octanol–water partition coefficient (Wildman–Crippen LogP) is 3.25. The van der Waals surface area contributed by atoms with Gasteiger partial charge in [-0.05, 0) is 36.1 Å². The molecule has 0 heterocycles. The fraction of sp³-hybridized carbons (Fsp3) is 0.235. The molecule has 4 heteroatoms. The van der Waals surface area contributed by atoms with Crippen molar-refractivity contribution >= 4 is 5.97 Å². The van der Waals surface area contributed by atoms with Crippen LogP contribution in [0.5, 0.6) is 11.5 Å². The minimum Gasteiger partial charge on any atom is -0.507 e. The van der Waals surface area contributed by atoms with Crippen LogP contribution in [-0.4, -0.2) is 18.2 Å². The van der Waals surface area contributed by atoms with E-state index in [2.05, 4.69) is 0 Å². The Bertz CT molecular complexity index is 678. The van der Waals surface area contributed by atoms with E-state index in [4.69, 9.17) is 9.47 Å². The molecule has 1 N–H and O–H groups in total. The summed E-state index contributed by atoms with van der Waals surface area (Å²) < 4.78 is 10.5. The van der Waals surface area contributed by atoms with E-state index in [1.165, 1.54) is 24.8 Å². The van der Waals surface area contributed by atoms with Gasteiger partial charge in [-0.1, -0.05) is 24.3 Å². The van der Waals surface area contributed by atoms with Gasteiger partial charge in [-0.25, -0.2) is 4.79 Å². The molecule has 0 aliphatic heterocycles. The van der Waals surface area contributed by atoms with Crippen LogP contribution in [0.15, 0.2) is 42.5 Å². The van der Waals surface area contributed by atoms with Crippen molar-refractivity contribution in [2.24, 2.45) is 0 Å². The lowest BCUT2D eigenvalue weighted by Gasteiger charge is -2.14. The normalized spacial score (nSPS) is 16.3. The Morgan fingerprint density at radius 3 is 2.81 bits per heavy atom. The molecule has 0 radical (unpaired) electrons. The van der Waals surface area contributed by atoms with Crippen LogP contribution in [0.3, 0.4) is 0 Å². The predicted molar refractivity (Wildman–Crippen MR) is 77.6 cm³/mol. The van der Waals surface area contributed by atoms with E-state index in [0.717, 1.165) is 18.4 Å². The quantitative estimate of drug-likeness (QED) is 0.879. The maximum absolute atomic E-state index is 12.2. The highest BCUT2D eigenvalue weighted by Gasteiger charge is 2.26. The minimum absolute atomic E-state index is 0.134. The van der Waals surface area contributed by atoms with Gasteiger partial charge >= 0.3 is 5.97 Å². The van der Waals surface area contributed by atoms with E-state index in [1.54, 1.807) is 6.07 Å². The van der Waals surface area contributed by atoms with Crippen molar-refractivity contribution < 1.29 is 19.4 Å². The Morgan fingerprint density at radius 1 is 1.24 bits per heavy atom. The zero-order valence-electron chi connectivity index (χ0n) is 11.7. The summed E-state index contributed by atoms with van der Waals surface area (Å²) >= 11 is 0. The second-order valence-electron chi connectivity index (χ2n) is 5.01. The molecule has 21 heavy (non-hydrogen) atoms. The van der Waals surface area contributed by atoms with Gasteiger partial charge in [0.2, 0.25) is 0 Å². The summed E-state index contributed by atoms with van der Waals surface area (Å²) in [6, 6.07) is 12.5. The Kier molecular flexibility index (Phi) is 3.52. The van der Waals surface area contributed by atoms with Gasteiger partial charge in [0.1, 0.15) is 23.2 Å². The summed E-state index contributed by atoms with van der Waals surface area (Å²) in [6.45, 7) is 0. The number of benzene rings is 2. The first-order chi connectivity index (χ1) is 10.2. The Morgan fingerprint density at radius 2 is 2.05 bits per heavy atom. The van der Waals surface area contributed by atoms with E-state index in [9.17, 15) is 9.90 Å². The van der Waals surface area contributed by atoms with Gasteiger partial charge < -0.3 is 14.6 Å². The molecule has 1 aliphatic rings. The first-order valence-electron chi connectivity index (χ1n) is 6.85. The molecule has 4 nitrogen and oxygen atoms in total. The van der Waals surface area contributed by atoms with Gasteiger partial charge in [-0.2, -0.15) is 0 Å². The highest BCUT2D eigenvalue weighted by atomic mass is 16.5.